The maximum absolute atomic E-state index is 10.4. The van der Waals surface area contributed by atoms with Crippen LogP contribution in [0.15, 0.2) is 42.5 Å². The molecule has 0 aliphatic carbocycles. The van der Waals surface area contributed by atoms with E-state index in [1.54, 1.807) is 7.11 Å². The zero-order chi connectivity index (χ0) is 20.9. The Labute approximate surface area is 169 Å². The molecule has 0 spiro atoms. The van der Waals surface area contributed by atoms with Crippen LogP contribution in [0.1, 0.15) is 52.7 Å². The van der Waals surface area contributed by atoms with Crippen molar-refractivity contribution in [3.8, 4) is 11.5 Å². The number of para-hydroxylation sites is 1. The Morgan fingerprint density at radius 3 is 1.93 bits per heavy atom. The molecule has 0 aliphatic rings. The third kappa shape index (κ3) is 5.90. The molecule has 0 aromatic heterocycles. The summed E-state index contributed by atoms with van der Waals surface area (Å²) in [4.78, 5) is 0. The van der Waals surface area contributed by atoms with Crippen molar-refractivity contribution in [1.29, 1.82) is 0 Å². The lowest BCUT2D eigenvalue weighted by Gasteiger charge is -2.31. The fourth-order valence-corrected chi connectivity index (χ4v) is 3.02. The molecule has 0 aliphatic heterocycles. The second-order valence-electron chi connectivity index (χ2n) is 9.26. The molecule has 0 bridgehead atoms. The van der Waals surface area contributed by atoms with Gasteiger partial charge in [-0.3, -0.25) is 0 Å². The number of aliphatic hydroxyl groups is 1. The second-order valence-corrected chi connectivity index (χ2v) is 9.26. The number of rotatable bonds is 7. The first kappa shape index (κ1) is 22.1. The van der Waals surface area contributed by atoms with Crippen LogP contribution in [0.2, 0.25) is 0 Å². The van der Waals surface area contributed by atoms with Crippen LogP contribution in [-0.2, 0) is 10.8 Å². The van der Waals surface area contributed by atoms with Gasteiger partial charge in [0.1, 0.15) is 24.2 Å². The first-order valence-electron chi connectivity index (χ1n) is 9.85. The van der Waals surface area contributed by atoms with Gasteiger partial charge in [0.05, 0.1) is 7.11 Å². The first-order chi connectivity index (χ1) is 13.0. The van der Waals surface area contributed by atoms with Crippen molar-refractivity contribution in [1.82, 2.24) is 0 Å². The summed E-state index contributed by atoms with van der Waals surface area (Å²) in [7, 11) is 1.69. The molecule has 0 fully saturated rings. The predicted molar refractivity (Wildman–Crippen MR) is 117 cm³/mol. The van der Waals surface area contributed by atoms with Crippen LogP contribution in [0.4, 0.5) is 5.69 Å². The lowest BCUT2D eigenvalue weighted by atomic mass is 9.79. The standard InChI is InChI=1S/C24H35NO3/c1-23(2,3)20-13-19(27-7)14-21(24(4,5)6)22(20)28-16-18(26)15-25-17-11-9-8-10-12-17/h8-14,18,25-26H,15-16H2,1-7H3. The van der Waals surface area contributed by atoms with Crippen LogP contribution in [0.3, 0.4) is 0 Å². The van der Waals surface area contributed by atoms with Gasteiger partial charge in [0.15, 0.2) is 0 Å². The number of aliphatic hydroxyl groups excluding tert-OH is 1. The zero-order valence-electron chi connectivity index (χ0n) is 18.3. The molecule has 154 valence electrons. The molecule has 0 heterocycles. The van der Waals surface area contributed by atoms with Crippen LogP contribution < -0.4 is 14.8 Å². The van der Waals surface area contributed by atoms with Crippen molar-refractivity contribution in [3.05, 3.63) is 53.6 Å². The van der Waals surface area contributed by atoms with Gasteiger partial charge in [-0.1, -0.05) is 59.7 Å². The van der Waals surface area contributed by atoms with E-state index in [4.69, 9.17) is 9.47 Å². The van der Waals surface area contributed by atoms with Gasteiger partial charge < -0.3 is 19.9 Å². The van der Waals surface area contributed by atoms with Crippen molar-refractivity contribution in [3.63, 3.8) is 0 Å². The van der Waals surface area contributed by atoms with E-state index in [1.165, 1.54) is 0 Å². The average molecular weight is 386 g/mol. The molecule has 1 unspecified atom stereocenters. The maximum atomic E-state index is 10.4. The highest BCUT2D eigenvalue weighted by molar-refractivity contribution is 5.53. The Kier molecular flexibility index (Phi) is 7.00. The predicted octanol–water partition coefficient (Wildman–Crippen LogP) is 5.14. The summed E-state index contributed by atoms with van der Waals surface area (Å²) >= 11 is 0. The minimum atomic E-state index is -0.622. The van der Waals surface area contributed by atoms with Gasteiger partial charge in [0, 0.05) is 23.4 Å². The van der Waals surface area contributed by atoms with E-state index in [1.807, 2.05) is 42.5 Å². The number of hydrogen-bond acceptors (Lipinski definition) is 4. The lowest BCUT2D eigenvalue weighted by Crippen LogP contribution is -2.28. The minimum Gasteiger partial charge on any atom is -0.497 e. The normalized spacial score (nSPS) is 13.1. The summed E-state index contributed by atoms with van der Waals surface area (Å²) in [6.45, 7) is 13.6. The van der Waals surface area contributed by atoms with Crippen LogP contribution in [0.5, 0.6) is 11.5 Å². The lowest BCUT2D eigenvalue weighted by molar-refractivity contribution is 0.115. The van der Waals surface area contributed by atoms with E-state index < -0.39 is 6.10 Å². The molecular weight excluding hydrogens is 350 g/mol. The van der Waals surface area contributed by atoms with E-state index in [2.05, 4.69) is 46.9 Å². The highest BCUT2D eigenvalue weighted by atomic mass is 16.5. The molecule has 2 rings (SSSR count). The maximum Gasteiger partial charge on any atom is 0.127 e. The third-order valence-electron chi connectivity index (χ3n) is 4.65. The number of methoxy groups -OCH3 is 1. The van der Waals surface area contributed by atoms with E-state index in [0.29, 0.717) is 6.54 Å². The number of nitrogens with one attached hydrogen (secondary N) is 1. The van der Waals surface area contributed by atoms with Crippen molar-refractivity contribution < 1.29 is 14.6 Å². The Morgan fingerprint density at radius 2 is 1.46 bits per heavy atom. The summed E-state index contributed by atoms with van der Waals surface area (Å²) in [5.74, 6) is 1.67. The Bertz CT molecular complexity index is 723. The van der Waals surface area contributed by atoms with E-state index >= 15 is 0 Å². The summed E-state index contributed by atoms with van der Waals surface area (Å²) < 4.78 is 11.8. The van der Waals surface area contributed by atoms with Crippen molar-refractivity contribution in [2.24, 2.45) is 0 Å². The number of hydrogen-bond donors (Lipinski definition) is 2. The smallest absolute Gasteiger partial charge is 0.127 e. The Morgan fingerprint density at radius 1 is 0.929 bits per heavy atom. The summed E-state index contributed by atoms with van der Waals surface area (Å²) in [6.07, 6.45) is -0.622. The molecule has 0 saturated carbocycles. The van der Waals surface area contributed by atoms with E-state index in [-0.39, 0.29) is 17.4 Å². The van der Waals surface area contributed by atoms with Crippen molar-refractivity contribution in [2.45, 2.75) is 58.5 Å². The quantitative estimate of drug-likeness (QED) is 0.693. The number of benzene rings is 2. The molecular formula is C24H35NO3. The van der Waals surface area contributed by atoms with Gasteiger partial charge in [-0.25, -0.2) is 0 Å². The molecule has 2 N–H and O–H groups in total. The van der Waals surface area contributed by atoms with Gasteiger partial charge in [-0.2, -0.15) is 0 Å². The van der Waals surface area contributed by atoms with Crippen LogP contribution in [-0.4, -0.2) is 31.5 Å². The molecule has 4 heteroatoms. The zero-order valence-corrected chi connectivity index (χ0v) is 18.3. The van der Waals surface area contributed by atoms with Gasteiger partial charge >= 0.3 is 0 Å². The molecule has 0 amide bonds. The summed E-state index contributed by atoms with van der Waals surface area (Å²) in [5, 5.41) is 13.7. The Hall–Kier alpha value is -2.20. The molecule has 28 heavy (non-hydrogen) atoms. The van der Waals surface area contributed by atoms with Crippen LogP contribution >= 0.6 is 0 Å². The second kappa shape index (κ2) is 8.87. The highest BCUT2D eigenvalue weighted by Gasteiger charge is 2.28. The SMILES string of the molecule is COc1cc(C(C)(C)C)c(OCC(O)CNc2ccccc2)c(C(C)(C)C)c1. The monoisotopic (exact) mass is 385 g/mol. The minimum absolute atomic E-state index is 0.114. The van der Waals surface area contributed by atoms with Gasteiger partial charge in [-0.05, 0) is 35.1 Å². The van der Waals surface area contributed by atoms with Crippen molar-refractivity contribution >= 4 is 5.69 Å². The van der Waals surface area contributed by atoms with Crippen LogP contribution in [0, 0.1) is 0 Å². The molecule has 0 radical (unpaired) electrons. The number of anilines is 1. The highest BCUT2D eigenvalue weighted by Crippen LogP contribution is 2.42. The fourth-order valence-electron chi connectivity index (χ4n) is 3.02. The first-order valence-corrected chi connectivity index (χ1v) is 9.85. The van der Waals surface area contributed by atoms with Crippen LogP contribution in [0.25, 0.3) is 0 Å². The largest absolute Gasteiger partial charge is 0.497 e. The number of ether oxygens (including phenoxy) is 2. The third-order valence-corrected chi connectivity index (χ3v) is 4.65. The molecule has 2 aromatic rings. The van der Waals surface area contributed by atoms with Gasteiger partial charge in [-0.15, -0.1) is 0 Å². The molecule has 1 atom stereocenters. The molecule has 4 nitrogen and oxygen atoms in total. The molecule has 0 saturated heterocycles. The fraction of sp³-hybridized carbons (Fsp3) is 0.500. The van der Waals surface area contributed by atoms with Crippen molar-refractivity contribution in [2.75, 3.05) is 25.6 Å². The van der Waals surface area contributed by atoms with E-state index in [0.717, 1.165) is 28.3 Å². The van der Waals surface area contributed by atoms with Gasteiger partial charge in [0.25, 0.3) is 0 Å². The summed E-state index contributed by atoms with van der Waals surface area (Å²) in [5.41, 5.74) is 2.92. The summed E-state index contributed by atoms with van der Waals surface area (Å²) in [6, 6.07) is 13.9. The average Bonchev–Trinajstić information content (AvgIpc) is 2.63. The Balaban J connectivity index is 2.22. The molecule has 2 aromatic carbocycles. The van der Waals surface area contributed by atoms with E-state index in [9.17, 15) is 5.11 Å². The topological polar surface area (TPSA) is 50.7 Å². The van der Waals surface area contributed by atoms with Gasteiger partial charge in [0.2, 0.25) is 0 Å².